The van der Waals surface area contributed by atoms with Crippen LogP contribution >= 0.6 is 0 Å². The molecule has 1 heterocycles. The molecule has 0 spiro atoms. The van der Waals surface area contributed by atoms with Gasteiger partial charge in [0.2, 0.25) is 0 Å². The van der Waals surface area contributed by atoms with Gasteiger partial charge in [-0.25, -0.2) is 0 Å². The van der Waals surface area contributed by atoms with Crippen molar-refractivity contribution in [2.24, 2.45) is 5.92 Å². The van der Waals surface area contributed by atoms with Gasteiger partial charge in [0.05, 0.1) is 19.1 Å². The fourth-order valence-electron chi connectivity index (χ4n) is 3.93. The first-order valence-electron chi connectivity index (χ1n) is 8.76. The Morgan fingerprint density at radius 3 is 2.38 bits per heavy atom. The van der Waals surface area contributed by atoms with E-state index < -0.39 is 5.97 Å². The minimum absolute atomic E-state index is 0.127. The lowest BCUT2D eigenvalue weighted by atomic mass is 9.82. The third-order valence-corrected chi connectivity index (χ3v) is 5.18. The van der Waals surface area contributed by atoms with Gasteiger partial charge in [-0.2, -0.15) is 0 Å². The Balaban J connectivity index is 1.62. The highest BCUT2D eigenvalue weighted by atomic mass is 16.5. The van der Waals surface area contributed by atoms with Crippen molar-refractivity contribution in [2.75, 3.05) is 19.7 Å². The van der Waals surface area contributed by atoms with Gasteiger partial charge in [0, 0.05) is 19.1 Å². The lowest BCUT2D eigenvalue weighted by molar-refractivity contribution is -0.138. The molecule has 122 valence electrons. The summed E-state index contributed by atoms with van der Waals surface area (Å²) < 4.78 is 5.67. The van der Waals surface area contributed by atoms with E-state index in [-0.39, 0.29) is 12.5 Å². The highest BCUT2D eigenvalue weighted by molar-refractivity contribution is 5.66. The van der Waals surface area contributed by atoms with Gasteiger partial charge >= 0.3 is 5.97 Å². The predicted molar refractivity (Wildman–Crippen MR) is 83.5 cm³/mol. The summed E-state index contributed by atoms with van der Waals surface area (Å²) in [6.45, 7) is 4.91. The third kappa shape index (κ3) is 5.59. The Bertz CT molecular complexity index is 305. The van der Waals surface area contributed by atoms with Gasteiger partial charge in [-0.3, -0.25) is 4.79 Å². The summed E-state index contributed by atoms with van der Waals surface area (Å²) in [4.78, 5) is 13.1. The van der Waals surface area contributed by atoms with E-state index in [0.717, 1.165) is 37.9 Å². The standard InChI is InChI=1S/C17H31NO3/c1-2-3-14-4-6-15(7-5-14)18-11-8-16(9-12-18)21-13-10-17(19)20/h14-16H,2-13H2,1H3,(H,19,20). The van der Waals surface area contributed by atoms with E-state index in [1.165, 1.54) is 38.5 Å². The smallest absolute Gasteiger partial charge is 0.305 e. The van der Waals surface area contributed by atoms with Crippen molar-refractivity contribution >= 4 is 5.97 Å². The summed E-state index contributed by atoms with van der Waals surface area (Å²) >= 11 is 0. The Morgan fingerprint density at radius 2 is 1.81 bits per heavy atom. The number of ether oxygens (including phenoxy) is 1. The molecule has 1 N–H and O–H groups in total. The quantitative estimate of drug-likeness (QED) is 0.783. The van der Waals surface area contributed by atoms with E-state index in [1.807, 2.05) is 0 Å². The Morgan fingerprint density at radius 1 is 1.14 bits per heavy atom. The van der Waals surface area contributed by atoms with Gasteiger partial charge in [-0.05, 0) is 44.4 Å². The highest BCUT2D eigenvalue weighted by Gasteiger charge is 2.28. The van der Waals surface area contributed by atoms with E-state index in [2.05, 4.69) is 11.8 Å². The Hall–Kier alpha value is -0.610. The summed E-state index contributed by atoms with van der Waals surface area (Å²) in [7, 11) is 0. The van der Waals surface area contributed by atoms with Crippen LogP contribution in [0, 0.1) is 5.92 Å². The van der Waals surface area contributed by atoms with Crippen LogP contribution in [0.5, 0.6) is 0 Å². The maximum absolute atomic E-state index is 10.5. The lowest BCUT2D eigenvalue weighted by Crippen LogP contribution is -2.44. The zero-order chi connectivity index (χ0) is 15.1. The molecule has 0 aromatic rings. The number of rotatable bonds is 7. The summed E-state index contributed by atoms with van der Waals surface area (Å²) in [5, 5.41) is 8.63. The fourth-order valence-corrected chi connectivity index (χ4v) is 3.93. The number of aliphatic carboxylic acids is 1. The molecule has 0 radical (unpaired) electrons. The molecule has 1 aliphatic heterocycles. The van der Waals surface area contributed by atoms with Crippen molar-refractivity contribution < 1.29 is 14.6 Å². The van der Waals surface area contributed by atoms with E-state index in [4.69, 9.17) is 9.84 Å². The molecule has 0 amide bonds. The van der Waals surface area contributed by atoms with Crippen LogP contribution in [0.15, 0.2) is 0 Å². The molecule has 0 atom stereocenters. The number of carboxylic acid groups (broad SMARTS) is 1. The molecule has 0 aromatic heterocycles. The SMILES string of the molecule is CCCC1CCC(N2CCC(OCCC(=O)O)CC2)CC1. The molecule has 1 saturated carbocycles. The number of hydrogen-bond acceptors (Lipinski definition) is 3. The highest BCUT2D eigenvalue weighted by Crippen LogP contribution is 2.31. The van der Waals surface area contributed by atoms with Crippen LogP contribution in [-0.2, 0) is 9.53 Å². The third-order valence-electron chi connectivity index (χ3n) is 5.18. The summed E-state index contributed by atoms with van der Waals surface area (Å²) in [6, 6.07) is 0.790. The number of carbonyl (C=O) groups is 1. The lowest BCUT2D eigenvalue weighted by Gasteiger charge is -2.40. The summed E-state index contributed by atoms with van der Waals surface area (Å²) in [5.41, 5.74) is 0. The van der Waals surface area contributed by atoms with Gasteiger partial charge < -0.3 is 14.7 Å². The van der Waals surface area contributed by atoms with E-state index >= 15 is 0 Å². The van der Waals surface area contributed by atoms with Crippen LogP contribution in [0.4, 0.5) is 0 Å². The van der Waals surface area contributed by atoms with Crippen molar-refractivity contribution in [1.82, 2.24) is 4.90 Å². The van der Waals surface area contributed by atoms with Crippen molar-refractivity contribution in [3.8, 4) is 0 Å². The molecule has 0 unspecified atom stereocenters. The fraction of sp³-hybridized carbons (Fsp3) is 0.941. The van der Waals surface area contributed by atoms with E-state index in [9.17, 15) is 4.79 Å². The number of likely N-dealkylation sites (tertiary alicyclic amines) is 1. The van der Waals surface area contributed by atoms with E-state index in [0.29, 0.717) is 6.61 Å². The zero-order valence-electron chi connectivity index (χ0n) is 13.4. The van der Waals surface area contributed by atoms with Crippen LogP contribution in [0.25, 0.3) is 0 Å². The van der Waals surface area contributed by atoms with Gasteiger partial charge in [-0.15, -0.1) is 0 Å². The monoisotopic (exact) mass is 297 g/mol. The maximum Gasteiger partial charge on any atom is 0.305 e. The topological polar surface area (TPSA) is 49.8 Å². The van der Waals surface area contributed by atoms with Crippen LogP contribution in [0.1, 0.15) is 64.7 Å². The second-order valence-corrected chi connectivity index (χ2v) is 6.71. The van der Waals surface area contributed by atoms with Crippen LogP contribution < -0.4 is 0 Å². The predicted octanol–water partition coefficient (Wildman–Crippen LogP) is 3.30. The van der Waals surface area contributed by atoms with Crippen LogP contribution in [-0.4, -0.2) is 47.8 Å². The number of piperidine rings is 1. The van der Waals surface area contributed by atoms with Gasteiger partial charge in [0.15, 0.2) is 0 Å². The molecule has 21 heavy (non-hydrogen) atoms. The van der Waals surface area contributed by atoms with Gasteiger partial charge in [0.1, 0.15) is 0 Å². The molecular formula is C17H31NO3. The number of carboxylic acids is 1. The van der Waals surface area contributed by atoms with Crippen LogP contribution in [0.2, 0.25) is 0 Å². The maximum atomic E-state index is 10.5. The van der Waals surface area contributed by atoms with Crippen LogP contribution in [0.3, 0.4) is 0 Å². The zero-order valence-corrected chi connectivity index (χ0v) is 13.4. The van der Waals surface area contributed by atoms with Crippen molar-refractivity contribution in [1.29, 1.82) is 0 Å². The second-order valence-electron chi connectivity index (χ2n) is 6.71. The first-order valence-corrected chi connectivity index (χ1v) is 8.76. The first kappa shape index (κ1) is 16.8. The van der Waals surface area contributed by atoms with Crippen molar-refractivity contribution in [2.45, 2.75) is 76.9 Å². The van der Waals surface area contributed by atoms with Crippen molar-refractivity contribution in [3.63, 3.8) is 0 Å². The van der Waals surface area contributed by atoms with E-state index in [1.54, 1.807) is 0 Å². The van der Waals surface area contributed by atoms with Crippen molar-refractivity contribution in [3.05, 3.63) is 0 Å². The molecule has 0 bridgehead atoms. The summed E-state index contributed by atoms with van der Waals surface area (Å²) in [5.74, 6) is 0.208. The minimum atomic E-state index is -0.767. The molecule has 2 aliphatic rings. The Labute approximate surface area is 128 Å². The average molecular weight is 297 g/mol. The Kier molecular flexibility index (Phi) is 6.97. The normalized spacial score (nSPS) is 28.6. The molecule has 2 rings (SSSR count). The molecule has 1 aliphatic carbocycles. The molecule has 4 heteroatoms. The number of hydrogen-bond donors (Lipinski definition) is 1. The van der Waals surface area contributed by atoms with Gasteiger partial charge in [0.25, 0.3) is 0 Å². The molecule has 2 fully saturated rings. The first-order chi connectivity index (χ1) is 10.2. The molecule has 0 aromatic carbocycles. The molecule has 4 nitrogen and oxygen atoms in total. The van der Waals surface area contributed by atoms with Gasteiger partial charge in [-0.1, -0.05) is 19.8 Å². The molecule has 1 saturated heterocycles. The largest absolute Gasteiger partial charge is 0.481 e. The average Bonchev–Trinajstić information content (AvgIpc) is 2.49. The summed E-state index contributed by atoms with van der Waals surface area (Å²) in [6.07, 6.45) is 10.8. The minimum Gasteiger partial charge on any atom is -0.481 e. The second kappa shape index (κ2) is 8.74. The molecular weight excluding hydrogens is 266 g/mol. The number of nitrogens with zero attached hydrogens (tertiary/aromatic N) is 1.